The van der Waals surface area contributed by atoms with E-state index < -0.39 is 44.0 Å². The maximum Gasteiger partial charge on any atom is 0.327 e. The average molecular weight is 382 g/mol. The van der Waals surface area contributed by atoms with E-state index in [1.54, 1.807) is 0 Å². The molecule has 0 bridgehead atoms. The van der Waals surface area contributed by atoms with Crippen LogP contribution in [-0.4, -0.2) is 71.0 Å². The van der Waals surface area contributed by atoms with Crippen molar-refractivity contribution < 1.29 is 38.7 Å². The van der Waals surface area contributed by atoms with Gasteiger partial charge in [-0.3, -0.25) is 0 Å². The summed E-state index contributed by atoms with van der Waals surface area (Å²) >= 11 is 5.13. The third kappa shape index (κ3) is 6.31. The fourth-order valence-electron chi connectivity index (χ4n) is 1.75. The SMILES string of the molecule is N#CCCOP(=S)(OCCC#N)OC[C@H]1OC(O)[C@@H](O)[C@@H](O)[C@@H]1O. The predicted octanol–water partition coefficient (Wildman–Crippen LogP) is -1.11. The topological polar surface area (TPSA) is 165 Å². The first-order valence-electron chi connectivity index (χ1n) is 7.00. The molecule has 1 saturated heterocycles. The zero-order valence-corrected chi connectivity index (χ0v) is 14.3. The summed E-state index contributed by atoms with van der Waals surface area (Å²) in [4.78, 5) is 0. The van der Waals surface area contributed by atoms with E-state index in [-0.39, 0.29) is 26.1 Å². The molecule has 1 fully saturated rings. The molecule has 0 radical (unpaired) electrons. The van der Waals surface area contributed by atoms with Gasteiger partial charge in [-0.1, -0.05) is 0 Å². The zero-order chi connectivity index (χ0) is 18.2. The molecule has 1 rings (SSSR count). The summed E-state index contributed by atoms with van der Waals surface area (Å²) in [5, 5.41) is 55.4. The van der Waals surface area contributed by atoms with Crippen LogP contribution in [0.15, 0.2) is 0 Å². The van der Waals surface area contributed by atoms with Gasteiger partial charge in [-0.15, -0.1) is 0 Å². The molecule has 0 aromatic carbocycles. The van der Waals surface area contributed by atoms with Crippen molar-refractivity contribution in [3.63, 3.8) is 0 Å². The highest BCUT2D eigenvalue weighted by molar-refractivity contribution is 8.07. The number of aliphatic hydroxyl groups excluding tert-OH is 4. The molecule has 10 nitrogen and oxygen atoms in total. The Hall–Kier alpha value is -0.690. The Morgan fingerprint density at radius 2 is 1.46 bits per heavy atom. The van der Waals surface area contributed by atoms with E-state index in [4.69, 9.17) is 40.6 Å². The minimum Gasteiger partial charge on any atom is -0.387 e. The first kappa shape index (κ1) is 21.4. The normalized spacial score (nSPS) is 30.5. The molecular weight excluding hydrogens is 363 g/mol. The molecular formula is C12H19N2O8PS. The number of nitriles is 2. The Morgan fingerprint density at radius 3 is 1.96 bits per heavy atom. The van der Waals surface area contributed by atoms with Gasteiger partial charge in [0.15, 0.2) is 6.29 Å². The molecule has 24 heavy (non-hydrogen) atoms. The molecule has 5 atom stereocenters. The number of ether oxygens (including phenoxy) is 1. The van der Waals surface area contributed by atoms with Gasteiger partial charge in [0.05, 0.1) is 44.8 Å². The zero-order valence-electron chi connectivity index (χ0n) is 12.6. The first-order valence-corrected chi connectivity index (χ1v) is 9.55. The minimum atomic E-state index is -3.31. The highest BCUT2D eigenvalue weighted by Gasteiger charge is 2.43. The maximum absolute atomic E-state index is 9.84. The number of nitrogens with zero attached hydrogens (tertiary/aromatic N) is 2. The van der Waals surface area contributed by atoms with E-state index in [2.05, 4.69) is 0 Å². The monoisotopic (exact) mass is 382 g/mol. The third-order valence-corrected chi connectivity index (χ3v) is 5.42. The molecule has 1 aliphatic heterocycles. The van der Waals surface area contributed by atoms with Crippen molar-refractivity contribution in [2.45, 2.75) is 43.5 Å². The lowest BCUT2D eigenvalue weighted by Crippen LogP contribution is -2.58. The standard InChI is InChI=1S/C12H19N2O8PS/c13-3-1-5-19-23(24,20-6-2-4-14)21-7-8-9(15)10(16)11(17)12(18)22-8/h8-12,15-18H,1-2,5-7H2/t8-,9-,10+,11+,12?/m1/s1. The van der Waals surface area contributed by atoms with Gasteiger partial charge in [0.1, 0.15) is 24.4 Å². The minimum absolute atomic E-state index is 0.0433. The number of aliphatic hydroxyl groups is 4. The molecule has 0 aromatic heterocycles. The highest BCUT2D eigenvalue weighted by Crippen LogP contribution is 2.50. The van der Waals surface area contributed by atoms with Crippen molar-refractivity contribution in [1.29, 1.82) is 10.5 Å². The third-order valence-electron chi connectivity index (χ3n) is 3.01. The quantitative estimate of drug-likeness (QED) is 0.282. The highest BCUT2D eigenvalue weighted by atomic mass is 32.5. The van der Waals surface area contributed by atoms with Crippen molar-refractivity contribution in [2.24, 2.45) is 0 Å². The first-order chi connectivity index (χ1) is 11.3. The van der Waals surface area contributed by atoms with E-state index in [1.165, 1.54) is 0 Å². The maximum atomic E-state index is 9.84. The van der Waals surface area contributed by atoms with Gasteiger partial charge in [-0.05, 0) is 11.8 Å². The lowest BCUT2D eigenvalue weighted by Gasteiger charge is -2.38. The van der Waals surface area contributed by atoms with Gasteiger partial charge in [-0.2, -0.15) is 10.5 Å². The van der Waals surface area contributed by atoms with Crippen molar-refractivity contribution in [1.82, 2.24) is 0 Å². The van der Waals surface area contributed by atoms with Crippen LogP contribution in [0.2, 0.25) is 0 Å². The second kappa shape index (κ2) is 10.3. The van der Waals surface area contributed by atoms with Gasteiger partial charge >= 0.3 is 6.72 Å². The summed E-state index contributed by atoms with van der Waals surface area (Å²) in [7, 11) is 0. The Kier molecular flexibility index (Phi) is 9.19. The van der Waals surface area contributed by atoms with Gasteiger partial charge in [0, 0.05) is 0 Å². The molecule has 0 saturated carbocycles. The van der Waals surface area contributed by atoms with Crippen LogP contribution in [0.5, 0.6) is 0 Å². The molecule has 0 aromatic rings. The van der Waals surface area contributed by atoms with Crippen LogP contribution in [0.1, 0.15) is 12.8 Å². The molecule has 12 heteroatoms. The van der Waals surface area contributed by atoms with Crippen LogP contribution in [0.25, 0.3) is 0 Å². The van der Waals surface area contributed by atoms with Crippen molar-refractivity contribution >= 4 is 18.5 Å². The van der Waals surface area contributed by atoms with Gasteiger partial charge in [0.2, 0.25) is 0 Å². The van der Waals surface area contributed by atoms with Crippen LogP contribution >= 0.6 is 6.72 Å². The number of hydrogen-bond acceptors (Lipinski definition) is 11. The van der Waals surface area contributed by atoms with E-state index in [9.17, 15) is 20.4 Å². The molecule has 0 amide bonds. The lowest BCUT2D eigenvalue weighted by atomic mass is 10.00. The molecule has 1 unspecified atom stereocenters. The van der Waals surface area contributed by atoms with Crippen molar-refractivity contribution in [2.75, 3.05) is 19.8 Å². The van der Waals surface area contributed by atoms with Crippen molar-refractivity contribution in [3.8, 4) is 12.1 Å². The summed E-state index contributed by atoms with van der Waals surface area (Å²) in [6.45, 7) is -3.79. The summed E-state index contributed by atoms with van der Waals surface area (Å²) in [6.07, 6.45) is -7.58. The smallest absolute Gasteiger partial charge is 0.327 e. The van der Waals surface area contributed by atoms with Crippen LogP contribution in [0.3, 0.4) is 0 Å². The van der Waals surface area contributed by atoms with Gasteiger partial charge < -0.3 is 38.7 Å². The largest absolute Gasteiger partial charge is 0.387 e. The summed E-state index contributed by atoms with van der Waals surface area (Å²) in [6, 6.07) is 3.72. The fourth-order valence-corrected chi connectivity index (χ4v) is 3.56. The van der Waals surface area contributed by atoms with Crippen molar-refractivity contribution in [3.05, 3.63) is 0 Å². The van der Waals surface area contributed by atoms with Crippen LogP contribution in [0, 0.1) is 22.7 Å². The molecule has 0 aliphatic carbocycles. The Balaban J connectivity index is 2.64. The Bertz CT molecular complexity index is 500. The number of hydrogen-bond donors (Lipinski definition) is 4. The predicted molar refractivity (Wildman–Crippen MR) is 81.5 cm³/mol. The summed E-state index contributed by atoms with van der Waals surface area (Å²) in [5.74, 6) is 0. The Labute approximate surface area is 144 Å². The average Bonchev–Trinajstić information content (AvgIpc) is 2.56. The van der Waals surface area contributed by atoms with E-state index >= 15 is 0 Å². The molecule has 1 heterocycles. The van der Waals surface area contributed by atoms with E-state index in [0.29, 0.717) is 0 Å². The molecule has 0 spiro atoms. The molecule has 136 valence electrons. The van der Waals surface area contributed by atoms with Crippen LogP contribution in [0.4, 0.5) is 0 Å². The lowest BCUT2D eigenvalue weighted by molar-refractivity contribution is -0.285. The van der Waals surface area contributed by atoms with Gasteiger partial charge in [0.25, 0.3) is 0 Å². The number of rotatable bonds is 9. The van der Waals surface area contributed by atoms with Crippen LogP contribution in [-0.2, 0) is 30.1 Å². The molecule has 4 N–H and O–H groups in total. The second-order valence-corrected chi connectivity index (χ2v) is 7.77. The molecule has 1 aliphatic rings. The van der Waals surface area contributed by atoms with Crippen LogP contribution < -0.4 is 0 Å². The second-order valence-electron chi connectivity index (χ2n) is 4.76. The van der Waals surface area contributed by atoms with Gasteiger partial charge in [-0.25, -0.2) is 0 Å². The van der Waals surface area contributed by atoms with E-state index in [0.717, 1.165) is 0 Å². The summed E-state index contributed by atoms with van der Waals surface area (Å²) in [5.41, 5.74) is 0. The Morgan fingerprint density at radius 1 is 0.917 bits per heavy atom. The fraction of sp³-hybridized carbons (Fsp3) is 0.833. The van der Waals surface area contributed by atoms with E-state index in [1.807, 2.05) is 12.1 Å². The summed E-state index contributed by atoms with van der Waals surface area (Å²) < 4.78 is 20.8.